The van der Waals surface area contributed by atoms with E-state index < -0.39 is 0 Å². The Hall–Kier alpha value is -3.80. The summed E-state index contributed by atoms with van der Waals surface area (Å²) < 4.78 is 16.7. The summed E-state index contributed by atoms with van der Waals surface area (Å²) in [5.74, 6) is 2.00. The van der Waals surface area contributed by atoms with Crippen molar-refractivity contribution in [2.24, 2.45) is 0 Å². The number of aromatic nitrogens is 1. The van der Waals surface area contributed by atoms with Crippen LogP contribution in [0.2, 0.25) is 0 Å². The predicted molar refractivity (Wildman–Crippen MR) is 123 cm³/mol. The summed E-state index contributed by atoms with van der Waals surface area (Å²) in [6, 6.07) is 17.1. The number of carbonyl (C=O) groups excluding carboxylic acids is 1. The number of aryl methyl sites for hydroxylation is 1. The Bertz CT molecular complexity index is 1320. The first-order valence-corrected chi connectivity index (χ1v) is 10.7. The molecule has 162 valence electrons. The third-order valence-electron chi connectivity index (χ3n) is 5.96. The lowest BCUT2D eigenvalue weighted by molar-refractivity contribution is 0.102. The van der Waals surface area contributed by atoms with E-state index in [1.165, 1.54) is 5.56 Å². The zero-order valence-corrected chi connectivity index (χ0v) is 18.3. The summed E-state index contributed by atoms with van der Waals surface area (Å²) >= 11 is 0. The highest BCUT2D eigenvalue weighted by Gasteiger charge is 2.18. The van der Waals surface area contributed by atoms with Gasteiger partial charge in [-0.25, -0.2) is 4.98 Å². The summed E-state index contributed by atoms with van der Waals surface area (Å²) in [6.07, 6.45) is 1.07. The second kappa shape index (κ2) is 8.04. The van der Waals surface area contributed by atoms with Crippen LogP contribution < -0.4 is 14.8 Å². The monoisotopic (exact) mass is 428 g/mol. The molecule has 0 saturated carbocycles. The molecule has 0 spiro atoms. The highest BCUT2D eigenvalue weighted by molar-refractivity contribution is 6.05. The van der Waals surface area contributed by atoms with Crippen LogP contribution in [0.25, 0.3) is 22.6 Å². The second-order valence-electron chi connectivity index (χ2n) is 8.11. The van der Waals surface area contributed by atoms with E-state index in [4.69, 9.17) is 18.9 Å². The molecule has 5 rings (SSSR count). The average molecular weight is 428 g/mol. The van der Waals surface area contributed by atoms with Crippen molar-refractivity contribution in [3.8, 4) is 23.0 Å². The summed E-state index contributed by atoms with van der Waals surface area (Å²) in [7, 11) is 0. The topological polar surface area (TPSA) is 73.6 Å². The standard InChI is InChI=1S/C26H24N2O4/c1-4-15(2)17-7-9-22-21(11-17)28-26(32-22)19-6-5-16(3)20(12-19)27-25(29)18-8-10-23-24(13-18)31-14-30-23/h5-13,15H,4,14H2,1-3H3,(H,27,29)/t15-/m1/s1. The van der Waals surface area contributed by atoms with Gasteiger partial charge in [0.25, 0.3) is 5.91 Å². The molecule has 0 bridgehead atoms. The van der Waals surface area contributed by atoms with E-state index >= 15 is 0 Å². The van der Waals surface area contributed by atoms with E-state index in [0.717, 1.165) is 28.6 Å². The number of carbonyl (C=O) groups is 1. The Morgan fingerprint density at radius 1 is 1.06 bits per heavy atom. The predicted octanol–water partition coefficient (Wildman–Crippen LogP) is 6.30. The maximum atomic E-state index is 12.8. The molecule has 32 heavy (non-hydrogen) atoms. The van der Waals surface area contributed by atoms with E-state index in [1.54, 1.807) is 18.2 Å². The minimum absolute atomic E-state index is 0.172. The van der Waals surface area contributed by atoms with Gasteiger partial charge in [-0.3, -0.25) is 4.79 Å². The molecule has 2 heterocycles. The van der Waals surface area contributed by atoms with Crippen LogP contribution in [0.5, 0.6) is 11.5 Å². The Balaban J connectivity index is 1.43. The Labute approximate surface area is 186 Å². The van der Waals surface area contributed by atoms with Crippen molar-refractivity contribution in [1.29, 1.82) is 0 Å². The SMILES string of the molecule is CC[C@@H](C)c1ccc2oc(-c3ccc(C)c(NC(=O)c4ccc5c(c4)OCO5)c3)nc2c1. The minimum Gasteiger partial charge on any atom is -0.454 e. The molecule has 1 N–H and O–H groups in total. The number of oxazole rings is 1. The number of fused-ring (bicyclic) bond motifs is 2. The van der Waals surface area contributed by atoms with Gasteiger partial charge in [-0.05, 0) is 72.9 Å². The first-order valence-electron chi connectivity index (χ1n) is 10.7. The lowest BCUT2D eigenvalue weighted by atomic mass is 9.98. The van der Waals surface area contributed by atoms with Gasteiger partial charge in [0, 0.05) is 16.8 Å². The Morgan fingerprint density at radius 2 is 1.91 bits per heavy atom. The molecule has 0 unspecified atom stereocenters. The largest absolute Gasteiger partial charge is 0.454 e. The van der Waals surface area contributed by atoms with Crippen LogP contribution >= 0.6 is 0 Å². The van der Waals surface area contributed by atoms with Gasteiger partial charge in [-0.15, -0.1) is 0 Å². The number of hydrogen-bond donors (Lipinski definition) is 1. The van der Waals surface area contributed by atoms with Crippen LogP contribution in [0.3, 0.4) is 0 Å². The smallest absolute Gasteiger partial charge is 0.255 e. The second-order valence-corrected chi connectivity index (χ2v) is 8.11. The van der Waals surface area contributed by atoms with E-state index in [9.17, 15) is 4.79 Å². The normalized spacial score (nSPS) is 13.3. The summed E-state index contributed by atoms with van der Waals surface area (Å²) in [6.45, 7) is 6.50. The van der Waals surface area contributed by atoms with Crippen molar-refractivity contribution in [2.45, 2.75) is 33.1 Å². The van der Waals surface area contributed by atoms with Crippen molar-refractivity contribution < 1.29 is 18.7 Å². The third kappa shape index (κ3) is 3.68. The number of nitrogens with zero attached hydrogens (tertiary/aromatic N) is 1. The average Bonchev–Trinajstić information content (AvgIpc) is 3.45. The van der Waals surface area contributed by atoms with Crippen LogP contribution in [0.15, 0.2) is 59.0 Å². The first kappa shape index (κ1) is 20.1. The molecule has 1 amide bonds. The zero-order chi connectivity index (χ0) is 22.2. The molecule has 1 atom stereocenters. The summed E-state index contributed by atoms with van der Waals surface area (Å²) in [5.41, 5.74) is 5.78. The molecule has 6 nitrogen and oxygen atoms in total. The van der Waals surface area contributed by atoms with Crippen molar-refractivity contribution >= 4 is 22.7 Å². The highest BCUT2D eigenvalue weighted by Crippen LogP contribution is 2.33. The third-order valence-corrected chi connectivity index (χ3v) is 5.96. The van der Waals surface area contributed by atoms with Gasteiger partial charge in [-0.1, -0.05) is 26.0 Å². The molecule has 3 aromatic carbocycles. The number of hydrogen-bond acceptors (Lipinski definition) is 5. The van der Waals surface area contributed by atoms with E-state index in [0.29, 0.717) is 34.6 Å². The molecule has 0 fully saturated rings. The van der Waals surface area contributed by atoms with Gasteiger partial charge in [-0.2, -0.15) is 0 Å². The summed E-state index contributed by atoms with van der Waals surface area (Å²) in [4.78, 5) is 17.5. The lowest BCUT2D eigenvalue weighted by Gasteiger charge is -2.10. The first-order chi connectivity index (χ1) is 15.5. The van der Waals surface area contributed by atoms with Crippen LogP contribution in [-0.2, 0) is 0 Å². The maximum absolute atomic E-state index is 12.8. The van der Waals surface area contributed by atoms with Crippen LogP contribution in [0.1, 0.15) is 47.7 Å². The van der Waals surface area contributed by atoms with Crippen molar-refractivity contribution in [3.63, 3.8) is 0 Å². The molecular weight excluding hydrogens is 404 g/mol. The number of benzene rings is 3. The van der Waals surface area contributed by atoms with Crippen LogP contribution in [0.4, 0.5) is 5.69 Å². The molecule has 0 radical (unpaired) electrons. The van der Waals surface area contributed by atoms with Gasteiger partial charge in [0.1, 0.15) is 5.52 Å². The molecule has 1 aliphatic heterocycles. The fourth-order valence-electron chi connectivity index (χ4n) is 3.73. The van der Waals surface area contributed by atoms with Gasteiger partial charge >= 0.3 is 0 Å². The Kier molecular flexibility index (Phi) is 5.05. The fraction of sp³-hybridized carbons (Fsp3) is 0.231. The highest BCUT2D eigenvalue weighted by atomic mass is 16.7. The maximum Gasteiger partial charge on any atom is 0.255 e. The lowest BCUT2D eigenvalue weighted by Crippen LogP contribution is -2.12. The van der Waals surface area contributed by atoms with Crippen LogP contribution in [-0.4, -0.2) is 17.7 Å². The van der Waals surface area contributed by atoms with Gasteiger partial charge in [0.2, 0.25) is 12.7 Å². The number of ether oxygens (including phenoxy) is 2. The van der Waals surface area contributed by atoms with Crippen LogP contribution in [0, 0.1) is 6.92 Å². The quantitative estimate of drug-likeness (QED) is 0.404. The summed E-state index contributed by atoms with van der Waals surface area (Å²) in [5, 5.41) is 2.99. The van der Waals surface area contributed by atoms with E-state index in [1.807, 2.05) is 31.2 Å². The molecular formula is C26H24N2O4. The van der Waals surface area contributed by atoms with Gasteiger partial charge in [0.05, 0.1) is 0 Å². The van der Waals surface area contributed by atoms with Crippen molar-refractivity contribution in [2.75, 3.05) is 12.1 Å². The van der Waals surface area contributed by atoms with E-state index in [2.05, 4.69) is 31.3 Å². The number of rotatable bonds is 5. The van der Waals surface area contributed by atoms with Gasteiger partial charge in [0.15, 0.2) is 17.1 Å². The zero-order valence-electron chi connectivity index (χ0n) is 18.3. The van der Waals surface area contributed by atoms with Gasteiger partial charge < -0.3 is 19.2 Å². The molecule has 0 aliphatic carbocycles. The molecule has 6 heteroatoms. The van der Waals surface area contributed by atoms with Crippen molar-refractivity contribution in [1.82, 2.24) is 4.98 Å². The minimum atomic E-state index is -0.223. The fourth-order valence-corrected chi connectivity index (χ4v) is 3.73. The molecule has 0 saturated heterocycles. The molecule has 1 aliphatic rings. The number of anilines is 1. The molecule has 1 aromatic heterocycles. The van der Waals surface area contributed by atoms with E-state index in [-0.39, 0.29) is 12.7 Å². The van der Waals surface area contributed by atoms with Crippen molar-refractivity contribution in [3.05, 3.63) is 71.3 Å². The molecule has 4 aromatic rings. The Morgan fingerprint density at radius 3 is 2.75 bits per heavy atom. The number of nitrogens with one attached hydrogen (secondary N) is 1. The number of amides is 1.